The van der Waals surface area contributed by atoms with Gasteiger partial charge in [0.1, 0.15) is 0 Å². The molecule has 4 fully saturated rings. The Morgan fingerprint density at radius 2 is 1.81 bits per heavy atom. The van der Waals surface area contributed by atoms with E-state index in [4.69, 9.17) is 17.0 Å². The van der Waals surface area contributed by atoms with Crippen LogP contribution in [0.4, 0.5) is 0 Å². The van der Waals surface area contributed by atoms with Crippen LogP contribution in [0.3, 0.4) is 0 Å². The fourth-order valence-electron chi connectivity index (χ4n) is 6.38. The quantitative estimate of drug-likeness (QED) is 0.781. The first-order chi connectivity index (χ1) is 9.76. The Hall–Kier alpha value is -0.350. The van der Waals surface area contributed by atoms with Crippen molar-refractivity contribution in [1.82, 2.24) is 10.6 Å². The van der Waals surface area contributed by atoms with Crippen LogP contribution in [0.1, 0.15) is 59.3 Å². The van der Waals surface area contributed by atoms with Crippen molar-refractivity contribution in [3.05, 3.63) is 0 Å². The van der Waals surface area contributed by atoms with Crippen molar-refractivity contribution >= 4 is 17.3 Å². The van der Waals surface area contributed by atoms with E-state index in [9.17, 15) is 0 Å². The van der Waals surface area contributed by atoms with Crippen molar-refractivity contribution in [3.8, 4) is 0 Å². The van der Waals surface area contributed by atoms with Gasteiger partial charge in [-0.15, -0.1) is 0 Å². The molecule has 0 aromatic heterocycles. The molecule has 120 valence electrons. The third kappa shape index (κ3) is 3.07. The van der Waals surface area contributed by atoms with Crippen LogP contribution in [0.2, 0.25) is 0 Å². The standard InChI is InChI=1S/C17H30N2OS/c1-12(8-20-4)18-14(21)19-17-7-13-5-15(2,10-17)9-16(3,6-13)11-17/h12-13H,5-11H2,1-4H3,(H2,18,19,21). The zero-order valence-corrected chi connectivity index (χ0v) is 14.7. The number of nitrogens with one attached hydrogen (secondary N) is 2. The highest BCUT2D eigenvalue weighted by molar-refractivity contribution is 7.80. The summed E-state index contributed by atoms with van der Waals surface area (Å²) in [6, 6.07) is 0.259. The summed E-state index contributed by atoms with van der Waals surface area (Å²) in [5.74, 6) is 0.892. The third-order valence-corrected chi connectivity index (χ3v) is 6.02. The summed E-state index contributed by atoms with van der Waals surface area (Å²) < 4.78 is 5.18. The summed E-state index contributed by atoms with van der Waals surface area (Å²) in [5, 5.41) is 7.92. The van der Waals surface area contributed by atoms with E-state index in [2.05, 4.69) is 31.4 Å². The van der Waals surface area contributed by atoms with Gasteiger partial charge in [0, 0.05) is 18.7 Å². The molecule has 0 spiro atoms. The lowest BCUT2D eigenvalue weighted by atomic mass is 9.43. The average molecular weight is 311 g/mol. The Morgan fingerprint density at radius 1 is 1.19 bits per heavy atom. The first-order valence-electron chi connectivity index (χ1n) is 8.33. The van der Waals surface area contributed by atoms with Crippen LogP contribution >= 0.6 is 12.2 Å². The van der Waals surface area contributed by atoms with Crippen molar-refractivity contribution in [2.24, 2.45) is 16.7 Å². The van der Waals surface area contributed by atoms with Gasteiger partial charge in [-0.3, -0.25) is 0 Å². The molecule has 0 amide bonds. The molecule has 4 rings (SSSR count). The highest BCUT2D eigenvalue weighted by Crippen LogP contribution is 2.66. The van der Waals surface area contributed by atoms with Gasteiger partial charge in [-0.2, -0.15) is 0 Å². The number of hydrogen-bond acceptors (Lipinski definition) is 2. The first kappa shape index (κ1) is 15.5. The van der Waals surface area contributed by atoms with Crippen LogP contribution in [-0.4, -0.2) is 30.4 Å². The fraction of sp³-hybridized carbons (Fsp3) is 0.941. The maximum atomic E-state index is 5.57. The second-order valence-corrected chi connectivity index (χ2v) is 9.27. The minimum atomic E-state index is 0.236. The van der Waals surface area contributed by atoms with Gasteiger partial charge in [0.2, 0.25) is 0 Å². The Morgan fingerprint density at radius 3 is 2.33 bits per heavy atom. The molecule has 4 bridgehead atoms. The van der Waals surface area contributed by atoms with Crippen LogP contribution in [0.15, 0.2) is 0 Å². The molecule has 3 unspecified atom stereocenters. The molecular formula is C17H30N2OS. The average Bonchev–Trinajstić information content (AvgIpc) is 2.21. The molecule has 4 aliphatic carbocycles. The lowest BCUT2D eigenvalue weighted by Gasteiger charge is -2.65. The molecule has 3 atom stereocenters. The lowest BCUT2D eigenvalue weighted by molar-refractivity contribution is -0.111. The summed E-state index contributed by atoms with van der Waals surface area (Å²) in [6.07, 6.45) is 8.12. The summed E-state index contributed by atoms with van der Waals surface area (Å²) in [4.78, 5) is 0. The van der Waals surface area contributed by atoms with Gasteiger partial charge < -0.3 is 15.4 Å². The monoisotopic (exact) mass is 310 g/mol. The van der Waals surface area contributed by atoms with E-state index in [0.717, 1.165) is 11.0 Å². The Labute approximate surface area is 134 Å². The van der Waals surface area contributed by atoms with E-state index in [-0.39, 0.29) is 11.6 Å². The second-order valence-electron chi connectivity index (χ2n) is 8.87. The number of ether oxygens (including phenoxy) is 1. The van der Waals surface area contributed by atoms with Crippen molar-refractivity contribution in [2.45, 2.75) is 70.9 Å². The van der Waals surface area contributed by atoms with Crippen molar-refractivity contribution < 1.29 is 4.74 Å². The molecular weight excluding hydrogens is 280 g/mol. The second kappa shape index (κ2) is 5.09. The van der Waals surface area contributed by atoms with Crippen LogP contribution in [-0.2, 0) is 4.74 Å². The van der Waals surface area contributed by atoms with Crippen molar-refractivity contribution in [1.29, 1.82) is 0 Å². The molecule has 4 aliphatic rings. The normalized spacial score (nSPS) is 45.4. The van der Waals surface area contributed by atoms with Crippen LogP contribution in [0.25, 0.3) is 0 Å². The minimum Gasteiger partial charge on any atom is -0.383 e. The van der Waals surface area contributed by atoms with Crippen LogP contribution in [0, 0.1) is 16.7 Å². The zero-order valence-electron chi connectivity index (χ0n) is 13.9. The predicted octanol–water partition coefficient (Wildman–Crippen LogP) is 3.23. The maximum Gasteiger partial charge on any atom is 0.167 e. The smallest absolute Gasteiger partial charge is 0.167 e. The molecule has 0 saturated heterocycles. The lowest BCUT2D eigenvalue weighted by Crippen LogP contribution is -2.66. The highest BCUT2D eigenvalue weighted by atomic mass is 32.1. The molecule has 4 heteroatoms. The topological polar surface area (TPSA) is 33.3 Å². The molecule has 0 aromatic rings. The van der Waals surface area contributed by atoms with E-state index < -0.39 is 0 Å². The number of rotatable bonds is 4. The largest absolute Gasteiger partial charge is 0.383 e. The van der Waals surface area contributed by atoms with Crippen molar-refractivity contribution in [3.63, 3.8) is 0 Å². The van der Waals surface area contributed by atoms with E-state index in [1.165, 1.54) is 38.5 Å². The van der Waals surface area contributed by atoms with E-state index in [0.29, 0.717) is 17.4 Å². The Bertz CT molecular complexity index is 421. The first-order valence-corrected chi connectivity index (χ1v) is 8.74. The highest BCUT2D eigenvalue weighted by Gasteiger charge is 2.60. The van der Waals surface area contributed by atoms with E-state index in [1.54, 1.807) is 7.11 Å². The number of hydrogen-bond donors (Lipinski definition) is 2. The van der Waals surface area contributed by atoms with E-state index >= 15 is 0 Å². The minimum absolute atomic E-state index is 0.236. The van der Waals surface area contributed by atoms with Gasteiger partial charge in [-0.25, -0.2) is 0 Å². The van der Waals surface area contributed by atoms with Crippen LogP contribution < -0.4 is 10.6 Å². The third-order valence-electron chi connectivity index (χ3n) is 5.80. The van der Waals surface area contributed by atoms with Gasteiger partial charge >= 0.3 is 0 Å². The molecule has 4 saturated carbocycles. The molecule has 0 heterocycles. The van der Waals surface area contributed by atoms with E-state index in [1.807, 2.05) is 0 Å². The van der Waals surface area contributed by atoms with Gasteiger partial charge in [-0.05, 0) is 74.4 Å². The summed E-state index contributed by atoms with van der Waals surface area (Å²) in [6.45, 7) is 7.79. The predicted molar refractivity (Wildman–Crippen MR) is 90.3 cm³/mol. The molecule has 3 nitrogen and oxygen atoms in total. The molecule has 0 aliphatic heterocycles. The van der Waals surface area contributed by atoms with Gasteiger partial charge in [0.25, 0.3) is 0 Å². The number of thiocarbonyl (C=S) groups is 1. The van der Waals surface area contributed by atoms with Crippen LogP contribution in [0.5, 0.6) is 0 Å². The Balaban J connectivity index is 1.69. The molecule has 21 heavy (non-hydrogen) atoms. The summed E-state index contributed by atoms with van der Waals surface area (Å²) in [7, 11) is 1.73. The molecule has 0 aromatic carbocycles. The van der Waals surface area contributed by atoms with Crippen molar-refractivity contribution in [2.75, 3.05) is 13.7 Å². The fourth-order valence-corrected chi connectivity index (χ4v) is 6.80. The van der Waals surface area contributed by atoms with Gasteiger partial charge in [0.15, 0.2) is 5.11 Å². The SMILES string of the molecule is COCC(C)NC(=S)NC12CC3CC(C)(CC(C)(C3)C1)C2. The maximum absolute atomic E-state index is 5.57. The summed E-state index contributed by atoms with van der Waals surface area (Å²) in [5.41, 5.74) is 1.28. The molecule has 0 radical (unpaired) electrons. The molecule has 2 N–H and O–H groups in total. The zero-order chi connectivity index (χ0) is 15.3. The van der Waals surface area contributed by atoms with Gasteiger partial charge in [-0.1, -0.05) is 13.8 Å². The summed E-state index contributed by atoms with van der Waals surface area (Å²) >= 11 is 5.57. The van der Waals surface area contributed by atoms with Gasteiger partial charge in [0.05, 0.1) is 6.61 Å². The Kier molecular flexibility index (Phi) is 3.77. The number of methoxy groups -OCH3 is 1.